The van der Waals surface area contributed by atoms with Crippen LogP contribution in [0.4, 0.5) is 11.4 Å². The highest BCUT2D eigenvalue weighted by molar-refractivity contribution is 5.99. The van der Waals surface area contributed by atoms with Gasteiger partial charge < -0.3 is 9.64 Å². The highest BCUT2D eigenvalue weighted by Gasteiger charge is 2.36. The fourth-order valence-corrected chi connectivity index (χ4v) is 2.24. The van der Waals surface area contributed by atoms with Crippen LogP contribution >= 0.6 is 0 Å². The van der Waals surface area contributed by atoms with Crippen LogP contribution in [0, 0.1) is 23.0 Å². The first-order chi connectivity index (χ1) is 9.43. The number of nitro benzene ring substituents is 1. The molecule has 1 aromatic rings. The van der Waals surface area contributed by atoms with Gasteiger partial charge in [-0.05, 0) is 13.0 Å². The third kappa shape index (κ3) is 2.47. The van der Waals surface area contributed by atoms with Gasteiger partial charge in [0.1, 0.15) is 0 Å². The second-order valence-electron chi connectivity index (χ2n) is 4.66. The minimum absolute atomic E-state index is 0.0446. The summed E-state index contributed by atoms with van der Waals surface area (Å²) < 4.78 is 4.62. The SMILES string of the molecule is COC(=O)C1CC(=O)N(c2ccc(C)c([N+](=O)[O-])c2)C1. The van der Waals surface area contributed by atoms with E-state index in [1.807, 2.05) is 0 Å². The molecule has 1 heterocycles. The van der Waals surface area contributed by atoms with Crippen LogP contribution in [0.3, 0.4) is 0 Å². The summed E-state index contributed by atoms with van der Waals surface area (Å²) >= 11 is 0. The number of carbonyl (C=O) groups is 2. The molecular weight excluding hydrogens is 264 g/mol. The third-order valence-corrected chi connectivity index (χ3v) is 3.36. The minimum atomic E-state index is -0.521. The van der Waals surface area contributed by atoms with Gasteiger partial charge in [-0.1, -0.05) is 6.07 Å². The van der Waals surface area contributed by atoms with Crippen LogP contribution in [0.2, 0.25) is 0 Å². The predicted octanol–water partition coefficient (Wildman–Crippen LogP) is 1.43. The molecule has 1 aromatic carbocycles. The Kier molecular flexibility index (Phi) is 3.69. The molecule has 0 spiro atoms. The van der Waals surface area contributed by atoms with Gasteiger partial charge in [0, 0.05) is 24.6 Å². The number of hydrogen-bond acceptors (Lipinski definition) is 5. The molecule has 0 aliphatic carbocycles. The molecule has 7 heteroatoms. The van der Waals surface area contributed by atoms with E-state index in [4.69, 9.17) is 0 Å². The Morgan fingerprint density at radius 1 is 1.50 bits per heavy atom. The van der Waals surface area contributed by atoms with E-state index in [9.17, 15) is 19.7 Å². The number of nitro groups is 1. The fraction of sp³-hybridized carbons (Fsp3) is 0.385. The summed E-state index contributed by atoms with van der Waals surface area (Å²) in [6, 6.07) is 4.58. The third-order valence-electron chi connectivity index (χ3n) is 3.36. The summed E-state index contributed by atoms with van der Waals surface area (Å²) in [5.74, 6) is -1.20. The maximum Gasteiger partial charge on any atom is 0.311 e. The molecule has 7 nitrogen and oxygen atoms in total. The summed E-state index contributed by atoms with van der Waals surface area (Å²) in [6.45, 7) is 1.82. The lowest BCUT2D eigenvalue weighted by molar-refractivity contribution is -0.385. The van der Waals surface area contributed by atoms with Gasteiger partial charge >= 0.3 is 5.97 Å². The van der Waals surface area contributed by atoms with Crippen molar-refractivity contribution in [3.8, 4) is 0 Å². The molecule has 0 N–H and O–H groups in total. The number of methoxy groups -OCH3 is 1. The number of esters is 1. The van der Waals surface area contributed by atoms with Crippen molar-refractivity contribution < 1.29 is 19.2 Å². The first kappa shape index (κ1) is 14.0. The van der Waals surface area contributed by atoms with Gasteiger partial charge in [-0.15, -0.1) is 0 Å². The minimum Gasteiger partial charge on any atom is -0.469 e. The van der Waals surface area contributed by atoms with Crippen LogP contribution in [0.1, 0.15) is 12.0 Å². The monoisotopic (exact) mass is 278 g/mol. The van der Waals surface area contributed by atoms with Crippen LogP contribution in [0.25, 0.3) is 0 Å². The number of carbonyl (C=O) groups excluding carboxylic acids is 2. The van der Waals surface area contributed by atoms with Crippen LogP contribution in [-0.4, -0.2) is 30.5 Å². The normalized spacial score (nSPS) is 18.2. The molecule has 0 bridgehead atoms. The summed E-state index contributed by atoms with van der Waals surface area (Å²) in [7, 11) is 1.27. The second kappa shape index (κ2) is 5.28. The van der Waals surface area contributed by atoms with Crippen LogP contribution < -0.4 is 4.90 Å². The second-order valence-corrected chi connectivity index (χ2v) is 4.66. The van der Waals surface area contributed by atoms with Gasteiger partial charge in [-0.25, -0.2) is 0 Å². The van der Waals surface area contributed by atoms with Crippen molar-refractivity contribution in [2.24, 2.45) is 5.92 Å². The number of nitrogens with zero attached hydrogens (tertiary/aromatic N) is 2. The lowest BCUT2D eigenvalue weighted by Crippen LogP contribution is -2.26. The van der Waals surface area contributed by atoms with Crippen molar-refractivity contribution in [1.82, 2.24) is 0 Å². The first-order valence-corrected chi connectivity index (χ1v) is 6.07. The maximum absolute atomic E-state index is 11.9. The Morgan fingerprint density at radius 3 is 2.80 bits per heavy atom. The molecule has 1 saturated heterocycles. The van der Waals surface area contributed by atoms with Crippen LogP contribution in [0.5, 0.6) is 0 Å². The van der Waals surface area contributed by atoms with E-state index < -0.39 is 16.8 Å². The largest absolute Gasteiger partial charge is 0.469 e. The number of benzene rings is 1. The molecule has 106 valence electrons. The standard InChI is InChI=1S/C13H14N2O5/c1-8-3-4-10(6-11(8)15(18)19)14-7-9(5-12(14)16)13(17)20-2/h3-4,6,9H,5,7H2,1-2H3. The molecule has 2 rings (SSSR count). The zero-order valence-corrected chi connectivity index (χ0v) is 11.2. The Hall–Kier alpha value is -2.44. The lowest BCUT2D eigenvalue weighted by Gasteiger charge is -2.16. The van der Waals surface area contributed by atoms with Gasteiger partial charge in [0.15, 0.2) is 0 Å². The maximum atomic E-state index is 11.9. The Labute approximate surface area is 115 Å². The van der Waals surface area contributed by atoms with Gasteiger partial charge in [-0.2, -0.15) is 0 Å². The first-order valence-electron chi connectivity index (χ1n) is 6.07. The van der Waals surface area contributed by atoms with Crippen molar-refractivity contribution in [3.05, 3.63) is 33.9 Å². The fourth-order valence-electron chi connectivity index (χ4n) is 2.24. The molecule has 20 heavy (non-hydrogen) atoms. The van der Waals surface area contributed by atoms with E-state index >= 15 is 0 Å². The zero-order chi connectivity index (χ0) is 14.9. The number of rotatable bonds is 3. The number of ether oxygens (including phenoxy) is 1. The van der Waals surface area contributed by atoms with Crippen molar-refractivity contribution in [2.75, 3.05) is 18.6 Å². The molecule has 0 saturated carbocycles. The molecule has 1 fully saturated rings. The molecule has 1 atom stereocenters. The molecule has 1 unspecified atom stereocenters. The predicted molar refractivity (Wildman–Crippen MR) is 70.3 cm³/mol. The Balaban J connectivity index is 2.28. The van der Waals surface area contributed by atoms with E-state index in [-0.39, 0.29) is 24.6 Å². The quantitative estimate of drug-likeness (QED) is 0.474. The molecule has 1 amide bonds. The lowest BCUT2D eigenvalue weighted by atomic mass is 10.1. The van der Waals surface area contributed by atoms with Gasteiger partial charge in [0.2, 0.25) is 5.91 Å². The van der Waals surface area contributed by atoms with E-state index in [0.29, 0.717) is 11.3 Å². The highest BCUT2D eigenvalue weighted by atomic mass is 16.6. The van der Waals surface area contributed by atoms with Crippen molar-refractivity contribution in [3.63, 3.8) is 0 Å². The zero-order valence-electron chi connectivity index (χ0n) is 11.2. The van der Waals surface area contributed by atoms with Crippen LogP contribution in [-0.2, 0) is 14.3 Å². The molecule has 0 radical (unpaired) electrons. The topological polar surface area (TPSA) is 89.8 Å². The number of anilines is 1. The number of hydrogen-bond donors (Lipinski definition) is 0. The Morgan fingerprint density at radius 2 is 2.20 bits per heavy atom. The smallest absolute Gasteiger partial charge is 0.311 e. The van der Waals surface area contributed by atoms with Gasteiger partial charge in [0.25, 0.3) is 5.69 Å². The van der Waals surface area contributed by atoms with E-state index in [2.05, 4.69) is 4.74 Å². The van der Waals surface area contributed by atoms with Crippen molar-refractivity contribution in [2.45, 2.75) is 13.3 Å². The molecule has 0 aromatic heterocycles. The van der Waals surface area contributed by atoms with E-state index in [0.717, 1.165) is 0 Å². The van der Waals surface area contributed by atoms with Crippen molar-refractivity contribution in [1.29, 1.82) is 0 Å². The molecule has 1 aliphatic rings. The average Bonchev–Trinajstić information content (AvgIpc) is 2.80. The summed E-state index contributed by atoms with van der Waals surface area (Å²) in [6.07, 6.45) is 0.0638. The van der Waals surface area contributed by atoms with Crippen LogP contribution in [0.15, 0.2) is 18.2 Å². The Bertz CT molecular complexity index is 584. The average molecular weight is 278 g/mol. The molecular formula is C13H14N2O5. The van der Waals surface area contributed by atoms with E-state index in [1.165, 1.54) is 18.1 Å². The molecule has 1 aliphatic heterocycles. The summed E-state index contributed by atoms with van der Waals surface area (Å²) in [4.78, 5) is 35.2. The number of aryl methyl sites for hydroxylation is 1. The van der Waals surface area contributed by atoms with Crippen molar-refractivity contribution >= 4 is 23.3 Å². The highest BCUT2D eigenvalue weighted by Crippen LogP contribution is 2.30. The number of amides is 1. The van der Waals surface area contributed by atoms with E-state index in [1.54, 1.807) is 19.1 Å². The summed E-state index contributed by atoms with van der Waals surface area (Å²) in [5, 5.41) is 10.9. The van der Waals surface area contributed by atoms with Gasteiger partial charge in [-0.3, -0.25) is 19.7 Å². The summed E-state index contributed by atoms with van der Waals surface area (Å²) in [5.41, 5.74) is 0.908. The van der Waals surface area contributed by atoms with Gasteiger partial charge in [0.05, 0.1) is 23.6 Å².